The van der Waals surface area contributed by atoms with Crippen molar-refractivity contribution in [1.82, 2.24) is 20.1 Å². The molecule has 3 rings (SSSR count). The molecule has 2 aromatic rings. The fourth-order valence-electron chi connectivity index (χ4n) is 4.28. The van der Waals surface area contributed by atoms with E-state index in [4.69, 9.17) is 0 Å². The number of likely N-dealkylation sites (N-methyl/N-ethyl adjacent to an activating group) is 2. The average Bonchev–Trinajstić information content (AvgIpc) is 3.25. The Labute approximate surface area is 232 Å². The van der Waals surface area contributed by atoms with Crippen LogP contribution in [0.2, 0.25) is 0 Å². The van der Waals surface area contributed by atoms with Crippen LogP contribution < -0.4 is 10.6 Å². The van der Waals surface area contributed by atoms with Gasteiger partial charge in [0.15, 0.2) is 5.13 Å². The molecule has 0 saturated heterocycles. The second-order valence-corrected chi connectivity index (χ2v) is 11.0. The number of thiazole rings is 1. The van der Waals surface area contributed by atoms with Crippen LogP contribution in [0.1, 0.15) is 62.2 Å². The van der Waals surface area contributed by atoms with Gasteiger partial charge in [-0.05, 0) is 90.5 Å². The van der Waals surface area contributed by atoms with Crippen molar-refractivity contribution in [1.29, 1.82) is 0 Å². The molecule has 0 aliphatic heterocycles. The van der Waals surface area contributed by atoms with E-state index in [9.17, 15) is 4.79 Å². The number of anilines is 2. The summed E-state index contributed by atoms with van der Waals surface area (Å²) in [5.74, 6) is -0.119. The molecule has 1 heterocycles. The van der Waals surface area contributed by atoms with Crippen LogP contribution >= 0.6 is 11.3 Å². The first-order valence-electron chi connectivity index (χ1n) is 13.4. The van der Waals surface area contributed by atoms with Gasteiger partial charge in [-0.3, -0.25) is 9.69 Å². The first-order chi connectivity index (χ1) is 18.2. The summed E-state index contributed by atoms with van der Waals surface area (Å²) in [7, 11) is 4.24. The Kier molecular flexibility index (Phi) is 11.1. The van der Waals surface area contributed by atoms with Crippen LogP contribution in [-0.2, 0) is 0 Å². The molecule has 7 heteroatoms. The molecule has 1 aromatic carbocycles. The molecule has 1 unspecified atom stereocenters. The molecule has 0 spiro atoms. The summed E-state index contributed by atoms with van der Waals surface area (Å²) in [4.78, 5) is 22.5. The number of carbonyl (C=O) groups excluding carboxylic acids is 1. The predicted octanol–water partition coefficient (Wildman–Crippen LogP) is 6.78. The first kappa shape index (κ1) is 29.6. The van der Waals surface area contributed by atoms with Crippen molar-refractivity contribution in [3.8, 4) is 0 Å². The zero-order valence-corrected chi connectivity index (χ0v) is 24.8. The summed E-state index contributed by atoms with van der Waals surface area (Å²) in [6, 6.07) is 6.19. The van der Waals surface area contributed by atoms with Crippen molar-refractivity contribution in [2.24, 2.45) is 0 Å². The van der Waals surface area contributed by atoms with Gasteiger partial charge in [0.1, 0.15) is 0 Å². The molecule has 0 fully saturated rings. The van der Waals surface area contributed by atoms with Gasteiger partial charge in [0.05, 0.1) is 5.69 Å². The highest BCUT2D eigenvalue weighted by Gasteiger charge is 2.15. The first-order valence-corrected chi connectivity index (χ1v) is 14.3. The van der Waals surface area contributed by atoms with Crippen molar-refractivity contribution in [2.75, 3.05) is 39.0 Å². The number of hydrogen-bond donors (Lipinski definition) is 2. The van der Waals surface area contributed by atoms with Gasteiger partial charge in [0, 0.05) is 41.5 Å². The molecule has 38 heavy (non-hydrogen) atoms. The number of carbonyl (C=O) groups is 1. The van der Waals surface area contributed by atoms with Gasteiger partial charge in [0.25, 0.3) is 5.91 Å². The highest BCUT2D eigenvalue weighted by Crippen LogP contribution is 2.27. The van der Waals surface area contributed by atoms with Crippen molar-refractivity contribution in [3.63, 3.8) is 0 Å². The number of rotatable bonds is 12. The number of nitrogens with one attached hydrogen (secondary N) is 2. The Morgan fingerprint density at radius 2 is 2.00 bits per heavy atom. The molecule has 1 aliphatic carbocycles. The monoisotopic (exact) mass is 533 g/mol. The fourth-order valence-corrected chi connectivity index (χ4v) is 5.06. The summed E-state index contributed by atoms with van der Waals surface area (Å²) >= 11 is 1.56. The third kappa shape index (κ3) is 8.51. The van der Waals surface area contributed by atoms with E-state index in [0.717, 1.165) is 65.8 Å². The Morgan fingerprint density at radius 1 is 1.21 bits per heavy atom. The SMILES string of the molecule is C/C=C(\C)c1csc(Nc2cc(C(=O)NC3=CCC=C(CC(C)N(CC)CCN(C)C)C=C3)ccc2C)n1. The van der Waals surface area contributed by atoms with Gasteiger partial charge in [-0.25, -0.2) is 4.98 Å². The number of hydrogen-bond acceptors (Lipinski definition) is 6. The van der Waals surface area contributed by atoms with Crippen molar-refractivity contribution < 1.29 is 4.79 Å². The molecule has 1 atom stereocenters. The summed E-state index contributed by atoms with van der Waals surface area (Å²) < 4.78 is 0. The molecule has 0 bridgehead atoms. The standard InChI is InChI=1S/C31H43N5OS/c1-8-22(3)29-21-38-31(34-29)33-28-20-26(15-13-23(28)4)30(37)32-27-12-10-11-25(14-16-27)19-24(5)36(9-2)18-17-35(6)7/h8,11-16,20-21,24H,9-10,17-19H2,1-7H3,(H,32,37)(H,33,34)/b22-8+. The quantitative estimate of drug-likeness (QED) is 0.315. The Morgan fingerprint density at radius 3 is 2.71 bits per heavy atom. The third-order valence-electron chi connectivity index (χ3n) is 6.93. The number of nitrogens with zero attached hydrogens (tertiary/aromatic N) is 3. The van der Waals surface area contributed by atoms with Crippen molar-refractivity contribution in [2.45, 2.75) is 53.5 Å². The largest absolute Gasteiger partial charge is 0.331 e. The normalized spacial score (nSPS) is 14.8. The van der Waals surface area contributed by atoms with E-state index < -0.39 is 0 Å². The lowest BCUT2D eigenvalue weighted by Gasteiger charge is -2.29. The van der Waals surface area contributed by atoms with Crippen LogP contribution in [0.25, 0.3) is 5.57 Å². The minimum absolute atomic E-state index is 0.119. The number of aryl methyl sites for hydroxylation is 1. The minimum atomic E-state index is -0.119. The molecule has 1 aromatic heterocycles. The van der Waals surface area contributed by atoms with Crippen LogP contribution in [0.5, 0.6) is 0 Å². The molecule has 2 N–H and O–H groups in total. The summed E-state index contributed by atoms with van der Waals surface area (Å²) in [6.45, 7) is 13.8. The van der Waals surface area contributed by atoms with Crippen molar-refractivity contribution in [3.05, 3.63) is 82.1 Å². The lowest BCUT2D eigenvalue weighted by Crippen LogP contribution is -2.38. The maximum atomic E-state index is 13.1. The molecule has 1 amide bonds. The average molecular weight is 534 g/mol. The van der Waals surface area contributed by atoms with E-state index in [0.29, 0.717) is 11.6 Å². The van der Waals surface area contributed by atoms with Gasteiger partial charge in [-0.2, -0.15) is 0 Å². The van der Waals surface area contributed by atoms with Crippen LogP contribution in [0.4, 0.5) is 10.8 Å². The number of allylic oxidation sites excluding steroid dienone is 6. The van der Waals surface area contributed by atoms with Crippen LogP contribution in [0.3, 0.4) is 0 Å². The van der Waals surface area contributed by atoms with E-state index in [1.54, 1.807) is 11.3 Å². The Bertz CT molecular complexity index is 1220. The number of benzene rings is 1. The predicted molar refractivity (Wildman–Crippen MR) is 163 cm³/mol. The Hall–Kier alpha value is -3.00. The Balaban J connectivity index is 1.61. The molecule has 204 valence electrons. The number of aromatic nitrogens is 1. The maximum absolute atomic E-state index is 13.1. The van der Waals surface area contributed by atoms with E-state index in [1.165, 1.54) is 5.57 Å². The van der Waals surface area contributed by atoms with E-state index in [-0.39, 0.29) is 5.91 Å². The van der Waals surface area contributed by atoms with Gasteiger partial charge in [-0.15, -0.1) is 11.3 Å². The summed E-state index contributed by atoms with van der Waals surface area (Å²) in [5.41, 5.74) is 6.80. The highest BCUT2D eigenvalue weighted by molar-refractivity contribution is 7.13. The van der Waals surface area contributed by atoms with Crippen LogP contribution in [0.15, 0.2) is 65.2 Å². The minimum Gasteiger partial charge on any atom is -0.331 e. The maximum Gasteiger partial charge on any atom is 0.255 e. The summed E-state index contributed by atoms with van der Waals surface area (Å²) in [5, 5.41) is 9.34. The van der Waals surface area contributed by atoms with E-state index >= 15 is 0 Å². The smallest absolute Gasteiger partial charge is 0.255 e. The molecule has 6 nitrogen and oxygen atoms in total. The lowest BCUT2D eigenvalue weighted by atomic mass is 10.0. The third-order valence-corrected chi connectivity index (χ3v) is 7.69. The van der Waals surface area contributed by atoms with Gasteiger partial charge >= 0.3 is 0 Å². The van der Waals surface area contributed by atoms with Crippen LogP contribution in [-0.4, -0.2) is 60.5 Å². The molecular weight excluding hydrogens is 490 g/mol. The summed E-state index contributed by atoms with van der Waals surface area (Å²) in [6.07, 6.45) is 12.3. The zero-order chi connectivity index (χ0) is 27.7. The molecular formula is C31H43N5OS. The zero-order valence-electron chi connectivity index (χ0n) is 24.0. The fraction of sp³-hybridized carbons (Fsp3) is 0.419. The molecule has 1 aliphatic rings. The molecule has 0 radical (unpaired) electrons. The second kappa shape index (κ2) is 14.2. The topological polar surface area (TPSA) is 60.5 Å². The second-order valence-electron chi connectivity index (χ2n) is 10.1. The van der Waals surface area contributed by atoms with Crippen LogP contribution in [0, 0.1) is 6.92 Å². The molecule has 0 saturated carbocycles. The van der Waals surface area contributed by atoms with Gasteiger partial charge < -0.3 is 15.5 Å². The van der Waals surface area contributed by atoms with E-state index in [2.05, 4.69) is 84.6 Å². The number of amides is 1. The highest BCUT2D eigenvalue weighted by atomic mass is 32.1. The van der Waals surface area contributed by atoms with E-state index in [1.807, 2.05) is 43.5 Å². The van der Waals surface area contributed by atoms with Gasteiger partial charge in [0.2, 0.25) is 0 Å². The van der Waals surface area contributed by atoms with Crippen molar-refractivity contribution >= 4 is 33.6 Å². The lowest BCUT2D eigenvalue weighted by molar-refractivity contribution is 0.0967. The van der Waals surface area contributed by atoms with Gasteiger partial charge in [-0.1, -0.05) is 42.9 Å².